The SMILES string of the molecule is Cc1cccc(N(c2cccc(C)c2)c2ccc3cc(-c4c5ccccc5c(-c5ccc6c(c5)C(c5ccccc5)(c5ccccc5)c5ccccc5-6)c5ccccc45)ccc3c2)c1. The summed E-state index contributed by atoms with van der Waals surface area (Å²) >= 11 is 0. The molecule has 1 heteroatoms. The van der Waals surface area contributed by atoms with Gasteiger partial charge in [-0.3, -0.25) is 0 Å². The fourth-order valence-corrected chi connectivity index (χ4v) is 10.9. The van der Waals surface area contributed by atoms with Gasteiger partial charge in [0, 0.05) is 17.1 Å². The Morgan fingerprint density at radius 3 is 1.34 bits per heavy atom. The minimum atomic E-state index is -0.474. The van der Waals surface area contributed by atoms with Gasteiger partial charge in [0.25, 0.3) is 0 Å². The van der Waals surface area contributed by atoms with Gasteiger partial charge in [-0.25, -0.2) is 0 Å². The van der Waals surface area contributed by atoms with E-state index >= 15 is 0 Å². The van der Waals surface area contributed by atoms with Crippen molar-refractivity contribution in [2.45, 2.75) is 19.3 Å². The van der Waals surface area contributed by atoms with Crippen LogP contribution in [-0.2, 0) is 5.41 Å². The summed E-state index contributed by atoms with van der Waals surface area (Å²) in [7, 11) is 0. The number of hydrogen-bond acceptors (Lipinski definition) is 1. The van der Waals surface area contributed by atoms with Crippen LogP contribution >= 0.6 is 0 Å². The lowest BCUT2D eigenvalue weighted by Gasteiger charge is -2.34. The Morgan fingerprint density at radius 1 is 0.312 bits per heavy atom. The average Bonchev–Trinajstić information content (AvgIpc) is 3.64. The molecule has 0 spiro atoms. The molecule has 0 fully saturated rings. The van der Waals surface area contributed by atoms with E-state index in [2.05, 4.69) is 255 Å². The van der Waals surface area contributed by atoms with Crippen molar-refractivity contribution in [2.75, 3.05) is 4.90 Å². The first kappa shape index (κ1) is 37.7. The molecule has 0 saturated carbocycles. The second-order valence-electron chi connectivity index (χ2n) is 17.4. The molecule has 0 bridgehead atoms. The number of nitrogens with zero attached hydrogens (tertiary/aromatic N) is 1. The van der Waals surface area contributed by atoms with Gasteiger partial charge in [-0.1, -0.05) is 188 Å². The standard InChI is InChI=1S/C63H45N/c1-42-17-15-23-50(37-42)64(51-24-16-18-43(2)38-51)52-35-33-44-39-46(32-31-45(44)40-52)61-55-26-9-11-28-57(55)62(58-29-12-10-27-56(58)61)47-34-36-54-53-25-13-14-30-59(53)63(60(54)41-47,48-19-5-3-6-20-48)49-21-7-4-8-22-49/h3-41H,1-2H3. The van der Waals surface area contributed by atoms with Gasteiger partial charge in [0.05, 0.1) is 5.41 Å². The normalized spacial score (nSPS) is 12.7. The van der Waals surface area contributed by atoms with Gasteiger partial charge in [-0.2, -0.15) is 0 Å². The molecule has 11 aromatic rings. The summed E-state index contributed by atoms with van der Waals surface area (Å²) in [6, 6.07) is 88.0. The fourth-order valence-electron chi connectivity index (χ4n) is 10.9. The van der Waals surface area contributed by atoms with Gasteiger partial charge in [0.1, 0.15) is 0 Å². The minimum absolute atomic E-state index is 0.474. The summed E-state index contributed by atoms with van der Waals surface area (Å²) in [6.07, 6.45) is 0. The third-order valence-corrected chi connectivity index (χ3v) is 13.6. The molecule has 0 amide bonds. The summed E-state index contributed by atoms with van der Waals surface area (Å²) < 4.78 is 0. The van der Waals surface area contributed by atoms with E-state index in [4.69, 9.17) is 0 Å². The molecule has 0 unspecified atom stereocenters. The third kappa shape index (κ3) is 5.93. The first-order chi connectivity index (χ1) is 31.6. The smallest absolute Gasteiger partial charge is 0.0713 e. The van der Waals surface area contributed by atoms with Crippen LogP contribution in [-0.4, -0.2) is 0 Å². The molecule has 0 atom stereocenters. The zero-order valence-corrected chi connectivity index (χ0v) is 36.0. The Morgan fingerprint density at radius 2 is 0.766 bits per heavy atom. The number of benzene rings is 11. The molecule has 1 aliphatic carbocycles. The molecule has 1 aliphatic rings. The molecule has 0 aromatic heterocycles. The van der Waals surface area contributed by atoms with Crippen LogP contribution in [0.1, 0.15) is 33.4 Å². The summed E-state index contributed by atoms with van der Waals surface area (Å²) in [5.74, 6) is 0. The lowest BCUT2D eigenvalue weighted by molar-refractivity contribution is 0.769. The second kappa shape index (κ2) is 15.1. The molecule has 64 heavy (non-hydrogen) atoms. The van der Waals surface area contributed by atoms with Crippen molar-refractivity contribution in [3.63, 3.8) is 0 Å². The van der Waals surface area contributed by atoms with Crippen molar-refractivity contribution in [1.82, 2.24) is 0 Å². The molecule has 0 aliphatic heterocycles. The van der Waals surface area contributed by atoms with E-state index in [1.807, 2.05) is 0 Å². The third-order valence-electron chi connectivity index (χ3n) is 13.6. The second-order valence-corrected chi connectivity index (χ2v) is 17.4. The Labute approximate surface area is 375 Å². The number of aryl methyl sites for hydroxylation is 2. The molecule has 0 saturated heterocycles. The molecule has 11 aromatic carbocycles. The maximum absolute atomic E-state index is 2.51. The van der Waals surface area contributed by atoms with E-state index in [1.54, 1.807) is 0 Å². The highest BCUT2D eigenvalue weighted by Gasteiger charge is 2.46. The van der Waals surface area contributed by atoms with Crippen molar-refractivity contribution < 1.29 is 0 Å². The number of rotatable bonds is 7. The van der Waals surface area contributed by atoms with Gasteiger partial charge >= 0.3 is 0 Å². The van der Waals surface area contributed by atoms with E-state index in [1.165, 1.54) is 99.1 Å². The predicted molar refractivity (Wildman–Crippen MR) is 271 cm³/mol. The monoisotopic (exact) mass is 815 g/mol. The molecule has 302 valence electrons. The van der Waals surface area contributed by atoms with Gasteiger partial charge in [0.2, 0.25) is 0 Å². The van der Waals surface area contributed by atoms with E-state index in [0.29, 0.717) is 0 Å². The maximum atomic E-state index is 2.51. The lowest BCUT2D eigenvalue weighted by atomic mass is 9.67. The van der Waals surface area contributed by atoms with Crippen LogP contribution in [0.15, 0.2) is 237 Å². The summed E-state index contributed by atoms with van der Waals surface area (Å²) in [4.78, 5) is 2.37. The predicted octanol–water partition coefficient (Wildman–Crippen LogP) is 16.9. The highest BCUT2D eigenvalue weighted by molar-refractivity contribution is 6.22. The molecule has 1 nitrogen and oxygen atoms in total. The van der Waals surface area contributed by atoms with Gasteiger partial charge < -0.3 is 4.90 Å². The van der Waals surface area contributed by atoms with Crippen molar-refractivity contribution in [3.05, 3.63) is 270 Å². The van der Waals surface area contributed by atoms with Gasteiger partial charge in [0.15, 0.2) is 0 Å². The van der Waals surface area contributed by atoms with Gasteiger partial charge in [-0.05, 0) is 161 Å². The van der Waals surface area contributed by atoms with E-state index < -0.39 is 5.41 Å². The van der Waals surface area contributed by atoms with Crippen molar-refractivity contribution in [3.8, 4) is 33.4 Å². The van der Waals surface area contributed by atoms with Crippen molar-refractivity contribution in [2.24, 2.45) is 0 Å². The fraction of sp³-hybridized carbons (Fsp3) is 0.0476. The van der Waals surface area contributed by atoms with Crippen LogP contribution in [0.4, 0.5) is 17.1 Å². The molecule has 12 rings (SSSR count). The number of anilines is 3. The summed E-state index contributed by atoms with van der Waals surface area (Å²) in [5, 5.41) is 7.41. The Balaban J connectivity index is 1.04. The van der Waals surface area contributed by atoms with E-state index in [-0.39, 0.29) is 0 Å². The largest absolute Gasteiger partial charge is 0.310 e. The molecule has 0 radical (unpaired) electrons. The quantitative estimate of drug-likeness (QED) is 0.145. The highest BCUT2D eigenvalue weighted by atomic mass is 15.1. The zero-order valence-electron chi connectivity index (χ0n) is 36.0. The van der Waals surface area contributed by atoms with Gasteiger partial charge in [-0.15, -0.1) is 0 Å². The number of hydrogen-bond donors (Lipinski definition) is 0. The first-order valence-electron chi connectivity index (χ1n) is 22.3. The van der Waals surface area contributed by atoms with Crippen LogP contribution in [0.25, 0.3) is 65.7 Å². The Kier molecular flexibility index (Phi) is 8.91. The highest BCUT2D eigenvalue weighted by Crippen LogP contribution is 2.57. The Bertz CT molecular complexity index is 3440. The molecule has 0 N–H and O–H groups in total. The van der Waals surface area contributed by atoms with Crippen LogP contribution < -0.4 is 4.90 Å². The van der Waals surface area contributed by atoms with E-state index in [9.17, 15) is 0 Å². The first-order valence-corrected chi connectivity index (χ1v) is 22.3. The molecular weight excluding hydrogens is 771 g/mol. The minimum Gasteiger partial charge on any atom is -0.310 e. The average molecular weight is 816 g/mol. The lowest BCUT2D eigenvalue weighted by Crippen LogP contribution is -2.28. The van der Waals surface area contributed by atoms with Crippen LogP contribution in [0.2, 0.25) is 0 Å². The van der Waals surface area contributed by atoms with Crippen LogP contribution in [0.3, 0.4) is 0 Å². The van der Waals surface area contributed by atoms with Crippen LogP contribution in [0, 0.1) is 13.8 Å². The molecular formula is C63H45N. The van der Waals surface area contributed by atoms with Crippen LogP contribution in [0.5, 0.6) is 0 Å². The van der Waals surface area contributed by atoms with Crippen molar-refractivity contribution in [1.29, 1.82) is 0 Å². The number of fused-ring (bicyclic) bond motifs is 6. The Hall–Kier alpha value is -8.00. The maximum Gasteiger partial charge on any atom is 0.0713 e. The topological polar surface area (TPSA) is 3.24 Å². The van der Waals surface area contributed by atoms with Crippen molar-refractivity contribution >= 4 is 49.4 Å². The van der Waals surface area contributed by atoms with E-state index in [0.717, 1.165) is 17.1 Å². The molecule has 0 heterocycles. The summed E-state index contributed by atoms with van der Waals surface area (Å²) in [6.45, 7) is 4.32. The zero-order chi connectivity index (χ0) is 42.8. The summed E-state index contributed by atoms with van der Waals surface area (Å²) in [5.41, 5.74) is 18.2.